The Labute approximate surface area is 135 Å². The van der Waals surface area contributed by atoms with Gasteiger partial charge in [-0.05, 0) is 12.5 Å². The maximum absolute atomic E-state index is 6.18. The minimum atomic E-state index is -0.0192. The molecule has 0 bridgehead atoms. The average molecular weight is 314 g/mol. The van der Waals surface area contributed by atoms with Crippen LogP contribution in [0.4, 0.5) is 5.95 Å². The summed E-state index contributed by atoms with van der Waals surface area (Å²) < 4.78 is 8.03. The molecule has 2 aromatic rings. The van der Waals surface area contributed by atoms with Gasteiger partial charge in [0, 0.05) is 57.3 Å². The molecule has 1 spiro atoms. The summed E-state index contributed by atoms with van der Waals surface area (Å²) in [5.74, 6) is 0.684. The van der Waals surface area contributed by atoms with E-state index in [4.69, 9.17) is 4.74 Å². The van der Waals surface area contributed by atoms with Crippen molar-refractivity contribution >= 4 is 5.95 Å². The molecule has 0 aromatic carbocycles. The van der Waals surface area contributed by atoms with E-state index in [1.807, 2.05) is 24.0 Å². The normalized spacial score (nSPS) is 27.8. The van der Waals surface area contributed by atoms with Crippen LogP contribution in [0.3, 0.4) is 0 Å². The highest BCUT2D eigenvalue weighted by molar-refractivity contribution is 5.25. The first-order valence-corrected chi connectivity index (χ1v) is 8.08. The summed E-state index contributed by atoms with van der Waals surface area (Å²) in [6.07, 6.45) is 9.63. The Morgan fingerprint density at radius 2 is 2.26 bits per heavy atom. The summed E-state index contributed by atoms with van der Waals surface area (Å²) in [7, 11) is 1.96. The number of hydrogen-bond donors (Lipinski definition) is 1. The second-order valence-electron chi connectivity index (χ2n) is 6.59. The highest BCUT2D eigenvalue weighted by Gasteiger charge is 2.45. The third-order valence-corrected chi connectivity index (χ3v) is 4.67. The highest BCUT2D eigenvalue weighted by Crippen LogP contribution is 2.36. The monoisotopic (exact) mass is 314 g/mol. The van der Waals surface area contributed by atoms with E-state index >= 15 is 0 Å². The summed E-state index contributed by atoms with van der Waals surface area (Å²) in [5.41, 5.74) is 1.24. The standard InChI is InChI=1S/C16H22N6O/c1-21-9-13(8-19-21)10-22-6-3-16(12-22)7-14(11-23-16)20-15-17-4-2-5-18-15/h2,4-5,8-9,14H,3,6-7,10-12H2,1H3,(H,17,18,20)/t14-,16-/m1/s1. The highest BCUT2D eigenvalue weighted by atomic mass is 16.5. The van der Waals surface area contributed by atoms with Crippen molar-refractivity contribution in [1.29, 1.82) is 0 Å². The lowest BCUT2D eigenvalue weighted by atomic mass is 9.97. The lowest BCUT2D eigenvalue weighted by molar-refractivity contribution is 0.0120. The van der Waals surface area contributed by atoms with E-state index in [9.17, 15) is 0 Å². The first kappa shape index (κ1) is 14.6. The van der Waals surface area contributed by atoms with Crippen LogP contribution in [0.2, 0.25) is 0 Å². The zero-order valence-corrected chi connectivity index (χ0v) is 13.4. The van der Waals surface area contributed by atoms with Gasteiger partial charge in [-0.25, -0.2) is 9.97 Å². The van der Waals surface area contributed by atoms with Gasteiger partial charge in [-0.2, -0.15) is 5.10 Å². The van der Waals surface area contributed by atoms with E-state index in [0.29, 0.717) is 5.95 Å². The van der Waals surface area contributed by atoms with E-state index in [1.165, 1.54) is 5.56 Å². The lowest BCUT2D eigenvalue weighted by Gasteiger charge is -2.23. The SMILES string of the molecule is Cn1cc(CN2CC[C@@]3(C[C@@H](Nc4ncccn4)CO3)C2)cn1. The second-order valence-corrected chi connectivity index (χ2v) is 6.59. The molecule has 0 radical (unpaired) electrons. The molecule has 2 aliphatic heterocycles. The summed E-state index contributed by atoms with van der Waals surface area (Å²) in [6, 6.07) is 2.11. The van der Waals surface area contributed by atoms with Crippen LogP contribution in [0, 0.1) is 0 Å². The summed E-state index contributed by atoms with van der Waals surface area (Å²) in [5, 5.41) is 7.62. The Bertz CT molecular complexity index is 660. The van der Waals surface area contributed by atoms with E-state index in [0.717, 1.165) is 39.1 Å². The Morgan fingerprint density at radius 3 is 3.04 bits per heavy atom. The number of ether oxygens (including phenoxy) is 1. The van der Waals surface area contributed by atoms with Gasteiger partial charge < -0.3 is 10.1 Å². The molecule has 2 fully saturated rings. The van der Waals surface area contributed by atoms with Crippen LogP contribution in [0.1, 0.15) is 18.4 Å². The van der Waals surface area contributed by atoms with Crippen LogP contribution < -0.4 is 5.32 Å². The first-order valence-electron chi connectivity index (χ1n) is 8.08. The number of hydrogen-bond acceptors (Lipinski definition) is 6. The molecule has 0 aliphatic carbocycles. The van der Waals surface area contributed by atoms with Gasteiger partial charge >= 0.3 is 0 Å². The molecule has 122 valence electrons. The molecule has 2 saturated heterocycles. The van der Waals surface area contributed by atoms with Crippen LogP contribution in [0.5, 0.6) is 0 Å². The quantitative estimate of drug-likeness (QED) is 0.910. The van der Waals surface area contributed by atoms with Crippen LogP contribution in [-0.2, 0) is 18.3 Å². The number of rotatable bonds is 4. The van der Waals surface area contributed by atoms with Crippen molar-refractivity contribution in [1.82, 2.24) is 24.6 Å². The predicted octanol–water partition coefficient (Wildman–Crippen LogP) is 1.06. The van der Waals surface area contributed by atoms with Crippen LogP contribution in [0.25, 0.3) is 0 Å². The molecule has 0 saturated carbocycles. The molecule has 2 aliphatic rings. The lowest BCUT2D eigenvalue weighted by Crippen LogP contribution is -2.33. The number of nitrogens with zero attached hydrogens (tertiary/aromatic N) is 5. The van der Waals surface area contributed by atoms with Gasteiger partial charge in [-0.3, -0.25) is 9.58 Å². The molecular weight excluding hydrogens is 292 g/mol. The molecule has 7 nitrogen and oxygen atoms in total. The van der Waals surface area contributed by atoms with Crippen molar-refractivity contribution in [2.45, 2.75) is 31.0 Å². The Morgan fingerprint density at radius 1 is 1.39 bits per heavy atom. The van der Waals surface area contributed by atoms with Gasteiger partial charge in [0.05, 0.1) is 24.4 Å². The molecule has 0 unspecified atom stereocenters. The zero-order valence-electron chi connectivity index (χ0n) is 13.4. The van der Waals surface area contributed by atoms with Gasteiger partial charge in [-0.15, -0.1) is 0 Å². The first-order chi connectivity index (χ1) is 11.2. The van der Waals surface area contributed by atoms with Gasteiger partial charge in [0.15, 0.2) is 0 Å². The number of nitrogens with one attached hydrogen (secondary N) is 1. The van der Waals surface area contributed by atoms with E-state index in [-0.39, 0.29) is 11.6 Å². The fourth-order valence-corrected chi connectivity index (χ4v) is 3.65. The third kappa shape index (κ3) is 3.20. The van der Waals surface area contributed by atoms with Crippen molar-refractivity contribution in [3.05, 3.63) is 36.4 Å². The summed E-state index contributed by atoms with van der Waals surface area (Å²) in [4.78, 5) is 10.9. The average Bonchev–Trinajstić information content (AvgIpc) is 3.24. The molecule has 1 N–H and O–H groups in total. The van der Waals surface area contributed by atoms with E-state index in [1.54, 1.807) is 12.4 Å². The Balaban J connectivity index is 1.34. The molecule has 2 atom stereocenters. The van der Waals surface area contributed by atoms with Gasteiger partial charge in [-0.1, -0.05) is 0 Å². The molecule has 4 rings (SSSR count). The van der Waals surface area contributed by atoms with Crippen molar-refractivity contribution in [3.8, 4) is 0 Å². The molecular formula is C16H22N6O. The molecule has 2 aromatic heterocycles. The van der Waals surface area contributed by atoms with E-state index in [2.05, 4.69) is 31.5 Å². The topological polar surface area (TPSA) is 68.1 Å². The zero-order chi connectivity index (χ0) is 15.7. The predicted molar refractivity (Wildman–Crippen MR) is 85.8 cm³/mol. The number of anilines is 1. The smallest absolute Gasteiger partial charge is 0.222 e. The van der Waals surface area contributed by atoms with Crippen molar-refractivity contribution < 1.29 is 4.74 Å². The summed E-state index contributed by atoms with van der Waals surface area (Å²) >= 11 is 0. The van der Waals surface area contributed by atoms with Gasteiger partial charge in [0.2, 0.25) is 5.95 Å². The molecule has 4 heterocycles. The minimum Gasteiger partial charge on any atom is -0.371 e. The number of aryl methyl sites for hydroxylation is 1. The number of likely N-dealkylation sites (tertiary alicyclic amines) is 1. The van der Waals surface area contributed by atoms with Gasteiger partial charge in [0.25, 0.3) is 0 Å². The van der Waals surface area contributed by atoms with Crippen molar-refractivity contribution in [2.75, 3.05) is 25.0 Å². The molecule has 0 amide bonds. The van der Waals surface area contributed by atoms with Crippen LogP contribution in [-0.4, -0.2) is 56.0 Å². The van der Waals surface area contributed by atoms with Crippen LogP contribution in [0.15, 0.2) is 30.9 Å². The van der Waals surface area contributed by atoms with Gasteiger partial charge in [0.1, 0.15) is 0 Å². The van der Waals surface area contributed by atoms with Crippen molar-refractivity contribution in [3.63, 3.8) is 0 Å². The minimum absolute atomic E-state index is 0.0192. The Hall–Kier alpha value is -1.99. The fourth-order valence-electron chi connectivity index (χ4n) is 3.65. The van der Waals surface area contributed by atoms with Crippen LogP contribution >= 0.6 is 0 Å². The largest absolute Gasteiger partial charge is 0.371 e. The summed E-state index contributed by atoms with van der Waals surface area (Å²) in [6.45, 7) is 3.72. The molecule has 23 heavy (non-hydrogen) atoms. The van der Waals surface area contributed by atoms with E-state index < -0.39 is 0 Å². The number of aromatic nitrogens is 4. The maximum Gasteiger partial charge on any atom is 0.222 e. The Kier molecular flexibility index (Phi) is 3.74. The second kappa shape index (κ2) is 5.90. The maximum atomic E-state index is 6.18. The van der Waals surface area contributed by atoms with Crippen molar-refractivity contribution in [2.24, 2.45) is 7.05 Å². The fraction of sp³-hybridized carbons (Fsp3) is 0.562. The third-order valence-electron chi connectivity index (χ3n) is 4.67. The molecule has 7 heteroatoms.